The van der Waals surface area contributed by atoms with Crippen LogP contribution >= 0.6 is 0 Å². The number of carbonyl (C=O) groups excluding carboxylic acids is 4. The lowest BCUT2D eigenvalue weighted by Gasteiger charge is -2.10. The predicted molar refractivity (Wildman–Crippen MR) is 114 cm³/mol. The molecule has 0 aromatic carbocycles. The van der Waals surface area contributed by atoms with Crippen LogP contribution in [0.1, 0.15) is 12.8 Å². The van der Waals surface area contributed by atoms with Crippen molar-refractivity contribution in [1.82, 2.24) is 21.4 Å². The fraction of sp³-hybridized carbons (Fsp3) is 0.737. The van der Waals surface area contributed by atoms with Crippen LogP contribution in [0.2, 0.25) is 0 Å². The minimum atomic E-state index is -1.25. The molecule has 0 fully saturated rings. The molecule has 0 aliphatic rings. The van der Waals surface area contributed by atoms with Crippen molar-refractivity contribution in [2.75, 3.05) is 72.5 Å². The number of amides is 3. The molecule has 0 aliphatic carbocycles. The summed E-state index contributed by atoms with van der Waals surface area (Å²) in [5.74, 6) is -2.33. The molecular formula is C19H34N4O11. The van der Waals surface area contributed by atoms with Crippen molar-refractivity contribution in [1.29, 1.82) is 0 Å². The first-order valence-corrected chi connectivity index (χ1v) is 10.6. The van der Waals surface area contributed by atoms with Crippen molar-refractivity contribution in [2.45, 2.75) is 18.9 Å². The first kappa shape index (κ1) is 31.3. The van der Waals surface area contributed by atoms with Gasteiger partial charge in [0, 0.05) is 19.5 Å². The van der Waals surface area contributed by atoms with E-state index in [4.69, 9.17) is 29.3 Å². The van der Waals surface area contributed by atoms with Gasteiger partial charge in [-0.3, -0.25) is 19.2 Å². The Balaban J connectivity index is 3.42. The summed E-state index contributed by atoms with van der Waals surface area (Å²) in [5.41, 5.74) is 1.62. The molecule has 0 aromatic heterocycles. The molecule has 6 N–H and O–H groups in total. The second kappa shape index (κ2) is 22.1. The van der Waals surface area contributed by atoms with Crippen LogP contribution in [0.25, 0.3) is 0 Å². The van der Waals surface area contributed by atoms with Gasteiger partial charge < -0.3 is 50.0 Å². The largest absolute Gasteiger partial charge is 0.480 e. The molecule has 0 saturated heterocycles. The van der Waals surface area contributed by atoms with E-state index in [9.17, 15) is 24.0 Å². The Labute approximate surface area is 196 Å². The molecule has 1 atom stereocenters. The van der Waals surface area contributed by atoms with Crippen LogP contribution < -0.4 is 21.4 Å². The summed E-state index contributed by atoms with van der Waals surface area (Å²) in [6, 6.07) is -1.20. The number of hydrogen-bond donors (Lipinski definition) is 6. The number of carboxylic acid groups (broad SMARTS) is 1. The van der Waals surface area contributed by atoms with E-state index >= 15 is 0 Å². The Bertz CT molecular complexity index is 607. The monoisotopic (exact) mass is 494 g/mol. The smallest absolute Gasteiger partial charge is 0.323 e. The van der Waals surface area contributed by atoms with Gasteiger partial charge in [-0.15, -0.1) is 0 Å². The molecule has 0 saturated carbocycles. The molecule has 0 aliphatic heterocycles. The minimum Gasteiger partial charge on any atom is -0.480 e. The lowest BCUT2D eigenvalue weighted by atomic mass is 10.1. The zero-order valence-corrected chi connectivity index (χ0v) is 18.9. The van der Waals surface area contributed by atoms with Crippen molar-refractivity contribution in [3.05, 3.63) is 0 Å². The predicted octanol–water partition coefficient (Wildman–Crippen LogP) is -3.19. The highest BCUT2D eigenvalue weighted by Crippen LogP contribution is 1.96. The van der Waals surface area contributed by atoms with Gasteiger partial charge in [0.05, 0.1) is 46.2 Å². The maximum atomic E-state index is 11.6. The van der Waals surface area contributed by atoms with Crippen LogP contribution in [-0.4, -0.2) is 119 Å². The molecule has 0 unspecified atom stereocenters. The van der Waals surface area contributed by atoms with Gasteiger partial charge in [0.2, 0.25) is 17.7 Å². The topological polar surface area (TPSA) is 211 Å². The molecule has 196 valence electrons. The first-order valence-electron chi connectivity index (χ1n) is 10.6. The summed E-state index contributed by atoms with van der Waals surface area (Å²) in [6.07, 6.45) is 0.451. The number of hydroxylamine groups is 1. The molecule has 0 heterocycles. The molecule has 0 rings (SSSR count). The average molecular weight is 494 g/mol. The molecule has 34 heavy (non-hydrogen) atoms. The quantitative estimate of drug-likeness (QED) is 0.0471. The Morgan fingerprint density at radius 2 is 1.24 bits per heavy atom. The average Bonchev–Trinajstić information content (AvgIpc) is 2.81. The Kier molecular flexibility index (Phi) is 20.4. The zero-order chi connectivity index (χ0) is 25.4. The maximum Gasteiger partial charge on any atom is 0.323 e. The summed E-state index contributed by atoms with van der Waals surface area (Å²) in [7, 11) is 0. The van der Waals surface area contributed by atoms with Gasteiger partial charge in [0.15, 0.2) is 0 Å². The van der Waals surface area contributed by atoms with Crippen LogP contribution in [-0.2, 0) is 42.9 Å². The van der Waals surface area contributed by atoms with Crippen LogP contribution in [0.3, 0.4) is 0 Å². The van der Waals surface area contributed by atoms with Gasteiger partial charge in [-0.2, -0.15) is 5.48 Å². The highest BCUT2D eigenvalue weighted by molar-refractivity contribution is 5.79. The van der Waals surface area contributed by atoms with E-state index in [-0.39, 0.29) is 97.1 Å². The van der Waals surface area contributed by atoms with Gasteiger partial charge in [-0.1, -0.05) is 0 Å². The summed E-state index contributed by atoms with van der Waals surface area (Å²) in [4.78, 5) is 55.0. The SMILES string of the molecule is O=CCNC(=O)COCCOCCNC(=O)COCCOCCNC(=O)CC[C@H](NO)C(=O)O. The van der Waals surface area contributed by atoms with E-state index in [0.29, 0.717) is 6.29 Å². The summed E-state index contributed by atoms with van der Waals surface area (Å²) in [5, 5.41) is 24.8. The molecule has 3 amide bonds. The number of aldehydes is 1. The van der Waals surface area contributed by atoms with Crippen molar-refractivity contribution < 1.29 is 53.2 Å². The second-order valence-corrected chi connectivity index (χ2v) is 6.56. The van der Waals surface area contributed by atoms with Crippen LogP contribution in [0, 0.1) is 0 Å². The lowest BCUT2D eigenvalue weighted by Crippen LogP contribution is -2.36. The van der Waals surface area contributed by atoms with Crippen LogP contribution in [0.5, 0.6) is 0 Å². The van der Waals surface area contributed by atoms with Crippen molar-refractivity contribution in [3.8, 4) is 0 Å². The number of carbonyl (C=O) groups is 5. The van der Waals surface area contributed by atoms with Gasteiger partial charge in [-0.25, -0.2) is 0 Å². The molecule has 0 bridgehead atoms. The number of hydrogen-bond acceptors (Lipinski definition) is 11. The Morgan fingerprint density at radius 3 is 1.74 bits per heavy atom. The number of ether oxygens (including phenoxy) is 4. The molecule has 0 aromatic rings. The zero-order valence-electron chi connectivity index (χ0n) is 18.9. The van der Waals surface area contributed by atoms with Crippen molar-refractivity contribution >= 4 is 30.0 Å². The highest BCUT2D eigenvalue weighted by Gasteiger charge is 2.17. The standard InChI is InChI=1S/C19H34N4O11/c24-6-3-20-17(26)13-33-11-10-32-8-5-22-18(27)14-34-12-9-31-7-4-21-16(25)2-1-15(23-30)19(28)29/h6,15,23,30H,1-5,7-14H2,(H,20,26)(H,21,25)(H,22,27)(H,28,29)/t15-/m0/s1. The third-order valence-electron chi connectivity index (χ3n) is 3.84. The van der Waals surface area contributed by atoms with Gasteiger partial charge in [-0.05, 0) is 6.42 Å². The first-order chi connectivity index (χ1) is 16.4. The molecule has 15 nitrogen and oxygen atoms in total. The molecular weight excluding hydrogens is 460 g/mol. The highest BCUT2D eigenvalue weighted by atomic mass is 16.5. The van der Waals surface area contributed by atoms with Crippen molar-refractivity contribution in [2.24, 2.45) is 0 Å². The lowest BCUT2D eigenvalue weighted by molar-refractivity contribution is -0.142. The molecule has 0 spiro atoms. The number of aliphatic carboxylic acids is 1. The van der Waals surface area contributed by atoms with E-state index in [1.54, 1.807) is 5.48 Å². The number of nitrogens with one attached hydrogen (secondary N) is 4. The number of carboxylic acids is 1. The van der Waals surface area contributed by atoms with Crippen LogP contribution in [0.4, 0.5) is 0 Å². The maximum absolute atomic E-state index is 11.6. The van der Waals surface area contributed by atoms with Gasteiger partial charge in [0.25, 0.3) is 0 Å². The van der Waals surface area contributed by atoms with Gasteiger partial charge >= 0.3 is 5.97 Å². The Morgan fingerprint density at radius 1 is 0.735 bits per heavy atom. The van der Waals surface area contributed by atoms with E-state index in [0.717, 1.165) is 0 Å². The Hall–Kier alpha value is -2.69. The van der Waals surface area contributed by atoms with E-state index in [2.05, 4.69) is 16.0 Å². The van der Waals surface area contributed by atoms with Crippen molar-refractivity contribution in [3.63, 3.8) is 0 Å². The summed E-state index contributed by atoms with van der Waals surface area (Å²) < 4.78 is 20.7. The van der Waals surface area contributed by atoms with E-state index < -0.39 is 17.9 Å². The third-order valence-corrected chi connectivity index (χ3v) is 3.84. The summed E-state index contributed by atoms with van der Waals surface area (Å²) in [6.45, 7) is 1.44. The summed E-state index contributed by atoms with van der Waals surface area (Å²) >= 11 is 0. The third kappa shape index (κ3) is 20.0. The van der Waals surface area contributed by atoms with Crippen LogP contribution in [0.15, 0.2) is 0 Å². The molecule has 15 heteroatoms. The fourth-order valence-electron chi connectivity index (χ4n) is 2.16. The molecule has 0 radical (unpaired) electrons. The van der Waals surface area contributed by atoms with E-state index in [1.807, 2.05) is 0 Å². The van der Waals surface area contributed by atoms with Gasteiger partial charge in [0.1, 0.15) is 25.5 Å². The normalized spacial score (nSPS) is 11.4. The fourth-order valence-corrected chi connectivity index (χ4v) is 2.16. The minimum absolute atomic E-state index is 0.0560. The van der Waals surface area contributed by atoms with E-state index in [1.165, 1.54) is 0 Å². The second-order valence-electron chi connectivity index (χ2n) is 6.56. The number of rotatable bonds is 23.